The number of anilines is 1. The van der Waals surface area contributed by atoms with E-state index in [1.807, 2.05) is 49.4 Å². The number of hydrogen-bond acceptors (Lipinski definition) is 2. The maximum Gasteiger partial charge on any atom is 0.169 e. The van der Waals surface area contributed by atoms with Crippen LogP contribution in [0, 0.1) is 6.92 Å². The molecule has 3 heteroatoms. The van der Waals surface area contributed by atoms with E-state index in [4.69, 9.17) is 12.2 Å². The van der Waals surface area contributed by atoms with Crippen LogP contribution in [0.5, 0.6) is 0 Å². The maximum absolute atomic E-state index is 12.0. The van der Waals surface area contributed by atoms with E-state index in [2.05, 4.69) is 5.32 Å². The van der Waals surface area contributed by atoms with Crippen LogP contribution >= 0.6 is 12.2 Å². The van der Waals surface area contributed by atoms with Crippen molar-refractivity contribution in [1.29, 1.82) is 0 Å². The Hall–Kier alpha value is -2.00. The lowest BCUT2D eigenvalue weighted by atomic mass is 10.1. The monoisotopic (exact) mass is 269 g/mol. The molecule has 0 atom stereocenters. The normalized spacial score (nSPS) is 9.95. The highest BCUT2D eigenvalue weighted by Gasteiger charge is 2.09. The molecule has 0 bridgehead atoms. The van der Waals surface area contributed by atoms with E-state index >= 15 is 0 Å². The number of aryl methyl sites for hydroxylation is 1. The van der Waals surface area contributed by atoms with Gasteiger partial charge in [-0.1, -0.05) is 60.7 Å². The summed E-state index contributed by atoms with van der Waals surface area (Å²) in [7, 11) is 0. The van der Waals surface area contributed by atoms with Crippen molar-refractivity contribution in [3.05, 3.63) is 65.7 Å². The van der Waals surface area contributed by atoms with E-state index in [9.17, 15) is 4.79 Å². The Kier molecular flexibility index (Phi) is 4.42. The van der Waals surface area contributed by atoms with Crippen molar-refractivity contribution in [2.45, 2.75) is 13.3 Å². The van der Waals surface area contributed by atoms with Gasteiger partial charge in [0, 0.05) is 11.3 Å². The first-order chi connectivity index (χ1) is 9.16. The summed E-state index contributed by atoms with van der Waals surface area (Å²) in [5, 5.41) is 3.12. The standard InChI is InChI=1S/C16H15NOS/c1-12-7-5-6-10-14(12)17-16(19)11-15(18)13-8-3-2-4-9-13/h2-10H,11H2,1H3,(H,17,19). The van der Waals surface area contributed by atoms with E-state index < -0.39 is 0 Å². The number of hydrogen-bond donors (Lipinski definition) is 1. The lowest BCUT2D eigenvalue weighted by Crippen LogP contribution is -2.15. The van der Waals surface area contributed by atoms with Gasteiger partial charge in [-0.05, 0) is 18.6 Å². The van der Waals surface area contributed by atoms with E-state index in [-0.39, 0.29) is 12.2 Å². The van der Waals surface area contributed by atoms with Gasteiger partial charge >= 0.3 is 0 Å². The molecule has 2 aromatic rings. The molecule has 19 heavy (non-hydrogen) atoms. The zero-order valence-corrected chi connectivity index (χ0v) is 11.5. The minimum atomic E-state index is 0.0340. The molecule has 0 saturated heterocycles. The van der Waals surface area contributed by atoms with Gasteiger partial charge in [0.15, 0.2) is 5.78 Å². The van der Waals surface area contributed by atoms with E-state index in [1.165, 1.54) is 0 Å². The highest BCUT2D eigenvalue weighted by molar-refractivity contribution is 7.80. The average Bonchev–Trinajstić information content (AvgIpc) is 2.42. The quantitative estimate of drug-likeness (QED) is 0.671. The Balaban J connectivity index is 1.99. The van der Waals surface area contributed by atoms with Gasteiger partial charge in [-0.3, -0.25) is 4.79 Å². The zero-order chi connectivity index (χ0) is 13.7. The second-order valence-electron chi connectivity index (χ2n) is 4.33. The van der Waals surface area contributed by atoms with Crippen molar-refractivity contribution < 1.29 is 4.79 Å². The Morgan fingerprint density at radius 2 is 1.68 bits per heavy atom. The number of para-hydroxylation sites is 1. The third-order valence-electron chi connectivity index (χ3n) is 2.84. The fourth-order valence-corrected chi connectivity index (χ4v) is 2.02. The SMILES string of the molecule is Cc1ccccc1NC(=S)CC(=O)c1ccccc1. The van der Waals surface area contributed by atoms with Gasteiger partial charge in [0.1, 0.15) is 0 Å². The van der Waals surface area contributed by atoms with Crippen molar-refractivity contribution in [3.8, 4) is 0 Å². The molecule has 0 fully saturated rings. The highest BCUT2D eigenvalue weighted by Crippen LogP contribution is 2.14. The molecule has 0 aliphatic heterocycles. The molecule has 0 unspecified atom stereocenters. The molecule has 2 aromatic carbocycles. The summed E-state index contributed by atoms with van der Waals surface area (Å²) in [4.78, 5) is 12.5. The minimum absolute atomic E-state index is 0.0340. The second kappa shape index (κ2) is 6.25. The van der Waals surface area contributed by atoms with E-state index in [0.29, 0.717) is 10.6 Å². The zero-order valence-electron chi connectivity index (χ0n) is 10.7. The van der Waals surface area contributed by atoms with Gasteiger partial charge in [-0.2, -0.15) is 0 Å². The number of rotatable bonds is 4. The summed E-state index contributed by atoms with van der Waals surface area (Å²) in [6.07, 6.45) is 0.230. The van der Waals surface area contributed by atoms with Crippen molar-refractivity contribution in [2.24, 2.45) is 0 Å². The average molecular weight is 269 g/mol. The van der Waals surface area contributed by atoms with Crippen LogP contribution in [0.15, 0.2) is 54.6 Å². The molecule has 0 radical (unpaired) electrons. The van der Waals surface area contributed by atoms with Gasteiger partial charge in [0.05, 0.1) is 11.4 Å². The summed E-state index contributed by atoms with van der Waals surface area (Å²) in [6, 6.07) is 17.1. The van der Waals surface area contributed by atoms with Crippen LogP contribution in [-0.2, 0) is 0 Å². The Morgan fingerprint density at radius 1 is 1.05 bits per heavy atom. The smallest absolute Gasteiger partial charge is 0.169 e. The highest BCUT2D eigenvalue weighted by atomic mass is 32.1. The van der Waals surface area contributed by atoms with Crippen LogP contribution in [0.25, 0.3) is 0 Å². The Morgan fingerprint density at radius 3 is 2.37 bits per heavy atom. The molecule has 0 aliphatic carbocycles. The first kappa shape index (κ1) is 13.4. The third kappa shape index (κ3) is 3.73. The molecule has 96 valence electrons. The summed E-state index contributed by atoms with van der Waals surface area (Å²) in [5.74, 6) is 0.0340. The first-order valence-electron chi connectivity index (χ1n) is 6.10. The Bertz CT molecular complexity index is 593. The number of nitrogens with one attached hydrogen (secondary N) is 1. The van der Waals surface area contributed by atoms with E-state index in [0.717, 1.165) is 11.3 Å². The molecule has 0 heterocycles. The Labute approximate surface area is 118 Å². The van der Waals surface area contributed by atoms with Crippen LogP contribution < -0.4 is 5.32 Å². The molecule has 2 nitrogen and oxygen atoms in total. The molecular weight excluding hydrogens is 254 g/mol. The van der Waals surface area contributed by atoms with Crippen molar-refractivity contribution in [3.63, 3.8) is 0 Å². The number of ketones is 1. The van der Waals surface area contributed by atoms with Gasteiger partial charge in [0.25, 0.3) is 0 Å². The number of carbonyl (C=O) groups excluding carboxylic acids is 1. The first-order valence-corrected chi connectivity index (χ1v) is 6.51. The minimum Gasteiger partial charge on any atom is -0.349 e. The predicted octanol–water partition coefficient (Wildman–Crippen LogP) is 4.01. The maximum atomic E-state index is 12.0. The van der Waals surface area contributed by atoms with Gasteiger partial charge in [-0.15, -0.1) is 0 Å². The van der Waals surface area contributed by atoms with Crippen LogP contribution in [0.2, 0.25) is 0 Å². The second-order valence-corrected chi connectivity index (χ2v) is 4.82. The van der Waals surface area contributed by atoms with Crippen molar-refractivity contribution in [2.75, 3.05) is 5.32 Å². The summed E-state index contributed by atoms with van der Waals surface area (Å²) < 4.78 is 0. The lowest BCUT2D eigenvalue weighted by Gasteiger charge is -2.09. The number of thiocarbonyl (C=S) groups is 1. The largest absolute Gasteiger partial charge is 0.349 e. The van der Waals surface area contributed by atoms with Crippen LogP contribution in [0.1, 0.15) is 22.3 Å². The molecular formula is C16H15NOS. The van der Waals surface area contributed by atoms with Crippen molar-refractivity contribution >= 4 is 28.7 Å². The van der Waals surface area contributed by atoms with Crippen LogP contribution in [0.4, 0.5) is 5.69 Å². The topological polar surface area (TPSA) is 29.1 Å². The molecule has 0 spiro atoms. The third-order valence-corrected chi connectivity index (χ3v) is 3.08. The van der Waals surface area contributed by atoms with E-state index in [1.54, 1.807) is 12.1 Å². The molecule has 0 aromatic heterocycles. The molecule has 2 rings (SSSR count). The fraction of sp³-hybridized carbons (Fsp3) is 0.125. The van der Waals surface area contributed by atoms with Gasteiger partial charge < -0.3 is 5.32 Å². The summed E-state index contributed by atoms with van der Waals surface area (Å²) in [6.45, 7) is 2.00. The molecule has 1 N–H and O–H groups in total. The van der Waals surface area contributed by atoms with Crippen LogP contribution in [0.3, 0.4) is 0 Å². The number of Topliss-reactive ketones (excluding diaryl/α,β-unsaturated/α-hetero) is 1. The number of carbonyl (C=O) groups is 1. The molecule has 0 saturated carbocycles. The lowest BCUT2D eigenvalue weighted by molar-refractivity contribution is 0.100. The predicted molar refractivity (Wildman–Crippen MR) is 82.8 cm³/mol. The summed E-state index contributed by atoms with van der Waals surface area (Å²) >= 11 is 5.24. The summed E-state index contributed by atoms with van der Waals surface area (Å²) in [5.41, 5.74) is 2.75. The van der Waals surface area contributed by atoms with Crippen molar-refractivity contribution in [1.82, 2.24) is 0 Å². The molecule has 0 aliphatic rings. The molecule has 0 amide bonds. The fourth-order valence-electron chi connectivity index (χ4n) is 1.78. The number of benzene rings is 2. The van der Waals surface area contributed by atoms with Gasteiger partial charge in [0.2, 0.25) is 0 Å². The van der Waals surface area contributed by atoms with Gasteiger partial charge in [-0.25, -0.2) is 0 Å². The van der Waals surface area contributed by atoms with Crippen LogP contribution in [-0.4, -0.2) is 10.8 Å².